The van der Waals surface area contributed by atoms with Crippen molar-refractivity contribution in [3.63, 3.8) is 0 Å². The summed E-state index contributed by atoms with van der Waals surface area (Å²) in [7, 11) is 0. The normalized spacial score (nSPS) is 11.1. The SMILES string of the molecule is CC(=O)OC(C)(C)C(=O)c1ccc(F)c(Cl)c1. The minimum absolute atomic E-state index is 0.144. The summed E-state index contributed by atoms with van der Waals surface area (Å²) in [6.07, 6.45) is 0. The van der Waals surface area contributed by atoms with Gasteiger partial charge in [-0.05, 0) is 32.0 Å². The van der Waals surface area contributed by atoms with Crippen LogP contribution in [0.15, 0.2) is 18.2 Å². The number of hydrogen-bond acceptors (Lipinski definition) is 3. The average molecular weight is 259 g/mol. The first-order valence-corrected chi connectivity index (χ1v) is 5.31. The van der Waals surface area contributed by atoms with Gasteiger partial charge in [-0.2, -0.15) is 0 Å². The molecule has 0 saturated heterocycles. The van der Waals surface area contributed by atoms with Crippen LogP contribution in [-0.4, -0.2) is 17.4 Å². The maximum atomic E-state index is 12.9. The first kappa shape index (κ1) is 13.6. The average Bonchev–Trinajstić information content (AvgIpc) is 2.19. The van der Waals surface area contributed by atoms with Crippen molar-refractivity contribution in [2.24, 2.45) is 0 Å². The number of hydrogen-bond donors (Lipinski definition) is 0. The molecule has 0 amide bonds. The largest absolute Gasteiger partial charge is 0.451 e. The van der Waals surface area contributed by atoms with Crippen molar-refractivity contribution in [1.29, 1.82) is 0 Å². The molecule has 0 N–H and O–H groups in total. The second kappa shape index (κ2) is 4.84. The molecule has 0 aliphatic heterocycles. The van der Waals surface area contributed by atoms with Crippen LogP contribution in [0.2, 0.25) is 5.02 Å². The van der Waals surface area contributed by atoms with Crippen LogP contribution < -0.4 is 0 Å². The minimum Gasteiger partial charge on any atom is -0.451 e. The molecule has 0 bridgehead atoms. The van der Waals surface area contributed by atoms with Gasteiger partial charge in [0, 0.05) is 12.5 Å². The summed E-state index contributed by atoms with van der Waals surface area (Å²) in [4.78, 5) is 22.9. The fourth-order valence-electron chi connectivity index (χ4n) is 1.39. The molecule has 0 heterocycles. The van der Waals surface area contributed by atoms with Crippen molar-refractivity contribution in [3.8, 4) is 0 Å². The minimum atomic E-state index is -1.30. The highest BCUT2D eigenvalue weighted by Crippen LogP contribution is 2.22. The number of benzene rings is 1. The van der Waals surface area contributed by atoms with Gasteiger partial charge < -0.3 is 4.74 Å². The van der Waals surface area contributed by atoms with Gasteiger partial charge in [0.25, 0.3) is 0 Å². The Morgan fingerprint density at radius 1 is 1.35 bits per heavy atom. The predicted octanol–water partition coefficient (Wildman–Crippen LogP) is 3.00. The lowest BCUT2D eigenvalue weighted by atomic mass is 9.96. The number of carbonyl (C=O) groups excluding carboxylic acids is 2. The van der Waals surface area contributed by atoms with Crippen molar-refractivity contribution < 1.29 is 18.7 Å². The fourth-order valence-corrected chi connectivity index (χ4v) is 1.57. The van der Waals surface area contributed by atoms with Crippen LogP contribution in [0.4, 0.5) is 4.39 Å². The summed E-state index contributed by atoms with van der Waals surface area (Å²) < 4.78 is 17.8. The van der Waals surface area contributed by atoms with E-state index in [4.69, 9.17) is 16.3 Å². The van der Waals surface area contributed by atoms with E-state index in [1.807, 2.05) is 0 Å². The lowest BCUT2D eigenvalue weighted by Crippen LogP contribution is -2.36. The number of rotatable bonds is 3. The van der Waals surface area contributed by atoms with E-state index in [1.165, 1.54) is 32.9 Å². The first-order valence-electron chi connectivity index (χ1n) is 4.93. The van der Waals surface area contributed by atoms with Crippen molar-refractivity contribution in [2.45, 2.75) is 26.4 Å². The van der Waals surface area contributed by atoms with Crippen LogP contribution in [0.3, 0.4) is 0 Å². The number of carbonyl (C=O) groups is 2. The lowest BCUT2D eigenvalue weighted by molar-refractivity contribution is -0.149. The van der Waals surface area contributed by atoms with E-state index >= 15 is 0 Å². The van der Waals surface area contributed by atoms with Gasteiger partial charge in [0.05, 0.1) is 5.02 Å². The Morgan fingerprint density at radius 3 is 2.41 bits per heavy atom. The maximum absolute atomic E-state index is 12.9. The lowest BCUT2D eigenvalue weighted by Gasteiger charge is -2.22. The zero-order chi connectivity index (χ0) is 13.2. The Balaban J connectivity index is 3.03. The number of esters is 1. The molecule has 0 spiro atoms. The molecule has 0 aliphatic rings. The molecule has 0 fully saturated rings. The molecule has 0 aromatic heterocycles. The van der Waals surface area contributed by atoms with Crippen molar-refractivity contribution in [2.75, 3.05) is 0 Å². The van der Waals surface area contributed by atoms with E-state index in [-0.39, 0.29) is 10.6 Å². The molecule has 0 saturated carbocycles. The Labute approximate surface area is 104 Å². The molecule has 1 aromatic rings. The van der Waals surface area contributed by atoms with Gasteiger partial charge in [-0.3, -0.25) is 9.59 Å². The van der Waals surface area contributed by atoms with E-state index in [0.29, 0.717) is 0 Å². The van der Waals surface area contributed by atoms with Crippen LogP contribution in [0.5, 0.6) is 0 Å². The zero-order valence-electron chi connectivity index (χ0n) is 9.71. The van der Waals surface area contributed by atoms with E-state index in [0.717, 1.165) is 6.07 Å². The number of Topliss-reactive ketones (excluding diaryl/α,β-unsaturated/α-hetero) is 1. The van der Waals surface area contributed by atoms with E-state index in [9.17, 15) is 14.0 Å². The Morgan fingerprint density at radius 2 is 1.94 bits per heavy atom. The van der Waals surface area contributed by atoms with Crippen LogP contribution in [0.1, 0.15) is 31.1 Å². The highest BCUT2D eigenvalue weighted by molar-refractivity contribution is 6.31. The summed E-state index contributed by atoms with van der Waals surface area (Å²) in [6, 6.07) is 3.61. The fraction of sp³-hybridized carbons (Fsp3) is 0.333. The molecule has 3 nitrogen and oxygen atoms in total. The summed E-state index contributed by atoms with van der Waals surface area (Å²) in [6.45, 7) is 4.15. The van der Waals surface area contributed by atoms with Crippen LogP contribution in [0.25, 0.3) is 0 Å². The molecule has 1 rings (SSSR count). The molecule has 0 aliphatic carbocycles. The molecule has 0 atom stereocenters. The second-order valence-corrected chi connectivity index (χ2v) is 4.47. The molecule has 1 aromatic carbocycles. The number of ether oxygens (including phenoxy) is 1. The quantitative estimate of drug-likeness (QED) is 0.618. The summed E-state index contributed by atoms with van der Waals surface area (Å²) >= 11 is 5.58. The third-order valence-corrected chi connectivity index (χ3v) is 2.42. The third-order valence-electron chi connectivity index (χ3n) is 2.13. The number of ketones is 1. The Hall–Kier alpha value is -1.42. The molecule has 0 unspecified atom stereocenters. The van der Waals surface area contributed by atoms with E-state index < -0.39 is 23.2 Å². The summed E-state index contributed by atoms with van der Waals surface area (Å²) in [5.74, 6) is -1.60. The van der Waals surface area contributed by atoms with Crippen LogP contribution in [-0.2, 0) is 9.53 Å². The van der Waals surface area contributed by atoms with E-state index in [2.05, 4.69) is 0 Å². The Bertz CT molecular complexity index is 469. The van der Waals surface area contributed by atoms with Crippen LogP contribution >= 0.6 is 11.6 Å². The van der Waals surface area contributed by atoms with E-state index in [1.54, 1.807) is 0 Å². The monoisotopic (exact) mass is 258 g/mol. The van der Waals surface area contributed by atoms with Crippen molar-refractivity contribution in [3.05, 3.63) is 34.6 Å². The summed E-state index contributed by atoms with van der Waals surface area (Å²) in [5, 5.41) is -0.144. The van der Waals surface area contributed by atoms with Gasteiger partial charge in [0.1, 0.15) is 5.82 Å². The second-order valence-electron chi connectivity index (χ2n) is 4.06. The third kappa shape index (κ3) is 3.27. The maximum Gasteiger partial charge on any atom is 0.303 e. The topological polar surface area (TPSA) is 43.4 Å². The molecular weight excluding hydrogens is 247 g/mol. The molecular formula is C12H12ClFO3. The zero-order valence-corrected chi connectivity index (χ0v) is 10.5. The smallest absolute Gasteiger partial charge is 0.303 e. The van der Waals surface area contributed by atoms with Gasteiger partial charge in [-0.25, -0.2) is 4.39 Å². The van der Waals surface area contributed by atoms with Crippen molar-refractivity contribution >= 4 is 23.4 Å². The summed E-state index contributed by atoms with van der Waals surface area (Å²) in [5.41, 5.74) is -1.10. The standard InChI is InChI=1S/C12H12ClFO3/c1-7(15)17-12(2,3)11(16)8-4-5-10(14)9(13)6-8/h4-6H,1-3H3. The highest BCUT2D eigenvalue weighted by atomic mass is 35.5. The highest BCUT2D eigenvalue weighted by Gasteiger charge is 2.32. The van der Waals surface area contributed by atoms with Crippen molar-refractivity contribution in [1.82, 2.24) is 0 Å². The Kier molecular flexibility index (Phi) is 3.88. The van der Waals surface area contributed by atoms with Gasteiger partial charge in [0.2, 0.25) is 5.78 Å². The van der Waals surface area contributed by atoms with Gasteiger partial charge in [-0.15, -0.1) is 0 Å². The molecule has 17 heavy (non-hydrogen) atoms. The molecule has 0 radical (unpaired) electrons. The predicted molar refractivity (Wildman–Crippen MR) is 61.6 cm³/mol. The number of halogens is 2. The molecule has 92 valence electrons. The van der Waals surface area contributed by atoms with Gasteiger partial charge in [-0.1, -0.05) is 11.6 Å². The van der Waals surface area contributed by atoms with Gasteiger partial charge >= 0.3 is 5.97 Å². The van der Waals surface area contributed by atoms with Gasteiger partial charge in [0.15, 0.2) is 5.60 Å². The van der Waals surface area contributed by atoms with Crippen LogP contribution in [0, 0.1) is 5.82 Å². The first-order chi connectivity index (χ1) is 7.74. The molecule has 5 heteroatoms.